The van der Waals surface area contributed by atoms with Crippen molar-refractivity contribution in [3.05, 3.63) is 42.7 Å². The van der Waals surface area contributed by atoms with Crippen molar-refractivity contribution in [3.8, 4) is 5.69 Å². The number of hydrogen-bond acceptors (Lipinski definition) is 2. The van der Waals surface area contributed by atoms with Gasteiger partial charge in [0.1, 0.15) is 0 Å². The minimum atomic E-state index is 0.514. The molecule has 1 N–H and O–H groups in total. The first-order chi connectivity index (χ1) is 9.79. The van der Waals surface area contributed by atoms with Crippen LogP contribution in [0.1, 0.15) is 46.0 Å². The molecular formula is C17H25N3. The molecule has 0 aliphatic heterocycles. The Morgan fingerprint density at radius 3 is 2.85 bits per heavy atom. The van der Waals surface area contributed by atoms with Crippen molar-refractivity contribution in [2.45, 2.75) is 52.0 Å². The minimum absolute atomic E-state index is 0.514. The third kappa shape index (κ3) is 4.41. The van der Waals surface area contributed by atoms with E-state index in [-0.39, 0.29) is 0 Å². The van der Waals surface area contributed by atoms with Gasteiger partial charge in [-0.15, -0.1) is 0 Å². The minimum Gasteiger partial charge on any atom is -0.383 e. The number of rotatable bonds is 8. The molecule has 1 heterocycles. The highest BCUT2D eigenvalue weighted by Gasteiger charge is 2.03. The first-order valence-corrected chi connectivity index (χ1v) is 7.66. The van der Waals surface area contributed by atoms with E-state index in [0.717, 1.165) is 5.69 Å². The lowest BCUT2D eigenvalue weighted by atomic mass is 10.1. The van der Waals surface area contributed by atoms with Crippen molar-refractivity contribution in [2.24, 2.45) is 0 Å². The molecular weight excluding hydrogens is 246 g/mol. The van der Waals surface area contributed by atoms with E-state index in [2.05, 4.69) is 48.5 Å². The second-order valence-electron chi connectivity index (χ2n) is 5.40. The number of benzene rings is 1. The fraction of sp³-hybridized carbons (Fsp3) is 0.471. The average Bonchev–Trinajstić information content (AvgIpc) is 2.98. The Morgan fingerprint density at radius 1 is 1.20 bits per heavy atom. The van der Waals surface area contributed by atoms with E-state index in [1.807, 2.05) is 16.9 Å². The van der Waals surface area contributed by atoms with Crippen molar-refractivity contribution in [3.63, 3.8) is 0 Å². The molecule has 0 saturated carbocycles. The fourth-order valence-corrected chi connectivity index (χ4v) is 2.39. The summed E-state index contributed by atoms with van der Waals surface area (Å²) in [5.74, 6) is 0. The van der Waals surface area contributed by atoms with Crippen molar-refractivity contribution < 1.29 is 0 Å². The average molecular weight is 271 g/mol. The number of anilines is 1. The molecule has 0 spiro atoms. The molecule has 0 bridgehead atoms. The highest BCUT2D eigenvalue weighted by atomic mass is 15.3. The summed E-state index contributed by atoms with van der Waals surface area (Å²) in [4.78, 5) is 0. The van der Waals surface area contributed by atoms with E-state index in [1.54, 1.807) is 6.20 Å². The zero-order valence-electron chi connectivity index (χ0n) is 12.5. The molecule has 2 aromatic rings. The molecule has 1 unspecified atom stereocenters. The van der Waals surface area contributed by atoms with E-state index >= 15 is 0 Å². The van der Waals surface area contributed by atoms with Crippen LogP contribution in [0, 0.1) is 0 Å². The highest BCUT2D eigenvalue weighted by molar-refractivity contribution is 5.51. The maximum Gasteiger partial charge on any atom is 0.0666 e. The smallest absolute Gasteiger partial charge is 0.0666 e. The lowest BCUT2D eigenvalue weighted by Crippen LogP contribution is -2.15. The van der Waals surface area contributed by atoms with Crippen LogP contribution in [0.3, 0.4) is 0 Å². The molecule has 0 fully saturated rings. The Morgan fingerprint density at radius 2 is 2.10 bits per heavy atom. The van der Waals surface area contributed by atoms with Crippen LogP contribution in [0.25, 0.3) is 5.69 Å². The number of nitrogens with zero attached hydrogens (tertiary/aromatic N) is 2. The van der Waals surface area contributed by atoms with Crippen LogP contribution >= 0.6 is 0 Å². The van der Waals surface area contributed by atoms with E-state index in [9.17, 15) is 0 Å². The molecule has 2 rings (SSSR count). The van der Waals surface area contributed by atoms with Crippen LogP contribution < -0.4 is 5.32 Å². The van der Waals surface area contributed by atoms with E-state index < -0.39 is 0 Å². The molecule has 3 heteroatoms. The molecule has 1 atom stereocenters. The van der Waals surface area contributed by atoms with E-state index in [1.165, 1.54) is 37.8 Å². The van der Waals surface area contributed by atoms with Gasteiger partial charge in [0.25, 0.3) is 0 Å². The Hall–Kier alpha value is -1.77. The molecule has 0 aliphatic rings. The summed E-state index contributed by atoms with van der Waals surface area (Å²) in [6.07, 6.45) is 10.3. The molecule has 3 nitrogen and oxygen atoms in total. The summed E-state index contributed by atoms with van der Waals surface area (Å²) in [5.41, 5.74) is 2.26. The van der Waals surface area contributed by atoms with Gasteiger partial charge in [-0.2, -0.15) is 5.10 Å². The van der Waals surface area contributed by atoms with Crippen molar-refractivity contribution in [2.75, 3.05) is 5.32 Å². The maximum atomic E-state index is 4.27. The molecule has 1 aromatic heterocycles. The Labute approximate surface area is 122 Å². The van der Waals surface area contributed by atoms with Gasteiger partial charge in [-0.1, -0.05) is 38.7 Å². The van der Waals surface area contributed by atoms with E-state index in [0.29, 0.717) is 6.04 Å². The summed E-state index contributed by atoms with van der Waals surface area (Å²) < 4.78 is 1.89. The summed E-state index contributed by atoms with van der Waals surface area (Å²) in [6, 6.07) is 10.9. The monoisotopic (exact) mass is 271 g/mol. The summed E-state index contributed by atoms with van der Waals surface area (Å²) in [6.45, 7) is 4.51. The van der Waals surface area contributed by atoms with Crippen LogP contribution in [0.2, 0.25) is 0 Å². The van der Waals surface area contributed by atoms with Crippen LogP contribution in [0.4, 0.5) is 5.69 Å². The SMILES string of the molecule is CCCCCCC(C)Nc1cccc(-n2cccn2)c1. The summed E-state index contributed by atoms with van der Waals surface area (Å²) >= 11 is 0. The standard InChI is InChI=1S/C17H25N3/c1-3-4-5-6-9-15(2)19-16-10-7-11-17(14-16)20-13-8-12-18-20/h7-8,10-15,19H,3-6,9H2,1-2H3. The first kappa shape index (κ1) is 14.6. The molecule has 20 heavy (non-hydrogen) atoms. The Balaban J connectivity index is 1.88. The van der Waals surface area contributed by atoms with Gasteiger partial charge in [-0.05, 0) is 37.6 Å². The Kier molecular flexibility index (Phi) is 5.66. The second-order valence-corrected chi connectivity index (χ2v) is 5.40. The first-order valence-electron chi connectivity index (χ1n) is 7.66. The third-order valence-corrected chi connectivity index (χ3v) is 3.52. The summed E-state index contributed by atoms with van der Waals surface area (Å²) in [5, 5.41) is 7.85. The van der Waals surface area contributed by atoms with Gasteiger partial charge >= 0.3 is 0 Å². The van der Waals surface area contributed by atoms with Gasteiger partial charge in [0.15, 0.2) is 0 Å². The molecule has 0 amide bonds. The highest BCUT2D eigenvalue weighted by Crippen LogP contribution is 2.16. The van der Waals surface area contributed by atoms with Crippen LogP contribution in [0.5, 0.6) is 0 Å². The Bertz CT molecular complexity index is 491. The molecule has 108 valence electrons. The lowest BCUT2D eigenvalue weighted by molar-refractivity contribution is 0.594. The topological polar surface area (TPSA) is 29.9 Å². The van der Waals surface area contributed by atoms with Crippen LogP contribution in [-0.4, -0.2) is 15.8 Å². The molecule has 0 saturated heterocycles. The van der Waals surface area contributed by atoms with Gasteiger partial charge in [0, 0.05) is 24.1 Å². The summed E-state index contributed by atoms with van der Waals surface area (Å²) in [7, 11) is 0. The largest absolute Gasteiger partial charge is 0.383 e. The zero-order chi connectivity index (χ0) is 14.2. The van der Waals surface area contributed by atoms with Gasteiger partial charge in [-0.3, -0.25) is 0 Å². The number of hydrogen-bond donors (Lipinski definition) is 1. The molecule has 0 radical (unpaired) electrons. The zero-order valence-corrected chi connectivity index (χ0v) is 12.5. The van der Waals surface area contributed by atoms with Gasteiger partial charge < -0.3 is 5.32 Å². The third-order valence-electron chi connectivity index (χ3n) is 3.52. The predicted octanol–water partition coefficient (Wildman–Crippen LogP) is 4.64. The second kappa shape index (κ2) is 7.73. The van der Waals surface area contributed by atoms with Gasteiger partial charge in [-0.25, -0.2) is 4.68 Å². The number of nitrogens with one attached hydrogen (secondary N) is 1. The number of unbranched alkanes of at least 4 members (excludes halogenated alkanes) is 3. The van der Waals surface area contributed by atoms with Crippen molar-refractivity contribution in [1.82, 2.24) is 9.78 Å². The molecule has 1 aromatic carbocycles. The normalized spacial score (nSPS) is 12.3. The lowest BCUT2D eigenvalue weighted by Gasteiger charge is -2.16. The van der Waals surface area contributed by atoms with Crippen LogP contribution in [0.15, 0.2) is 42.7 Å². The van der Waals surface area contributed by atoms with E-state index in [4.69, 9.17) is 0 Å². The maximum absolute atomic E-state index is 4.27. The van der Waals surface area contributed by atoms with Crippen molar-refractivity contribution >= 4 is 5.69 Å². The quantitative estimate of drug-likeness (QED) is 0.709. The fourth-order valence-electron chi connectivity index (χ4n) is 2.39. The van der Waals surface area contributed by atoms with Gasteiger partial charge in [0.05, 0.1) is 5.69 Å². The van der Waals surface area contributed by atoms with Crippen LogP contribution in [-0.2, 0) is 0 Å². The van der Waals surface area contributed by atoms with Crippen molar-refractivity contribution in [1.29, 1.82) is 0 Å². The number of aromatic nitrogens is 2. The molecule has 0 aliphatic carbocycles. The predicted molar refractivity (Wildman–Crippen MR) is 85.4 cm³/mol. The van der Waals surface area contributed by atoms with Gasteiger partial charge in [0.2, 0.25) is 0 Å².